The summed E-state index contributed by atoms with van der Waals surface area (Å²) in [5.74, 6) is -0.416. The van der Waals surface area contributed by atoms with Crippen molar-refractivity contribution in [3.05, 3.63) is 124 Å². The number of sulfonamides is 1. The second-order valence-electron chi connectivity index (χ2n) is 10.6. The normalized spacial score (nSPS) is 11.8. The van der Waals surface area contributed by atoms with Crippen molar-refractivity contribution in [2.75, 3.05) is 24.5 Å². The number of amides is 2. The number of nitrogens with zero attached hydrogens (tertiary/aromatic N) is 2. The fraction of sp³-hybridized carbons (Fsp3) is 0.257. The largest absolute Gasteiger partial charge is 0.497 e. The first-order chi connectivity index (χ1) is 22.1. The highest BCUT2D eigenvalue weighted by atomic mass is 35.5. The Kier molecular flexibility index (Phi) is 12.5. The summed E-state index contributed by atoms with van der Waals surface area (Å²) >= 11 is 12.5. The summed E-state index contributed by atoms with van der Waals surface area (Å²) < 4.78 is 34.5. The van der Waals surface area contributed by atoms with E-state index >= 15 is 0 Å². The van der Waals surface area contributed by atoms with Gasteiger partial charge in [-0.1, -0.05) is 91.1 Å². The molecular weight excluding hydrogens is 645 g/mol. The number of anilines is 1. The lowest BCUT2D eigenvalue weighted by Gasteiger charge is -2.34. The molecule has 2 amide bonds. The number of ether oxygens (including phenoxy) is 1. The molecule has 0 aliphatic carbocycles. The summed E-state index contributed by atoms with van der Waals surface area (Å²) in [6.07, 6.45) is 1.86. The molecule has 1 atom stereocenters. The number of hydrogen-bond acceptors (Lipinski definition) is 5. The number of rotatable bonds is 15. The Morgan fingerprint density at radius 3 is 2.11 bits per heavy atom. The minimum atomic E-state index is -4.22. The molecule has 0 saturated carbocycles. The standard InChI is InChI=1S/C35H37Cl2N3O5S/c1-3-4-21-38-35(42)33(23-26-11-7-5-8-12-26)39(24-27-15-20-31(36)32(37)22-27)34(41)25-40(28-13-9-6-10-14-28)46(43,44)30-18-16-29(45-2)17-19-30/h5-20,22,33H,3-4,21,23-25H2,1-2H3,(H,38,42). The van der Waals surface area contributed by atoms with E-state index in [-0.39, 0.29) is 23.8 Å². The smallest absolute Gasteiger partial charge is 0.264 e. The topological polar surface area (TPSA) is 96.0 Å². The third-order valence-electron chi connectivity index (χ3n) is 7.41. The molecule has 0 spiro atoms. The molecular formula is C35H37Cl2N3O5S. The van der Waals surface area contributed by atoms with Crippen molar-refractivity contribution in [3.8, 4) is 5.75 Å². The third kappa shape index (κ3) is 9.02. The Morgan fingerprint density at radius 2 is 1.50 bits per heavy atom. The van der Waals surface area contributed by atoms with Gasteiger partial charge >= 0.3 is 0 Å². The second-order valence-corrected chi connectivity index (χ2v) is 13.3. The van der Waals surface area contributed by atoms with Gasteiger partial charge in [-0.25, -0.2) is 8.42 Å². The van der Waals surface area contributed by atoms with Crippen molar-refractivity contribution in [1.29, 1.82) is 0 Å². The molecule has 46 heavy (non-hydrogen) atoms. The average molecular weight is 683 g/mol. The van der Waals surface area contributed by atoms with E-state index in [1.165, 1.54) is 24.1 Å². The van der Waals surface area contributed by atoms with E-state index in [4.69, 9.17) is 27.9 Å². The summed E-state index contributed by atoms with van der Waals surface area (Å²) in [6, 6.07) is 27.8. The van der Waals surface area contributed by atoms with Crippen LogP contribution >= 0.6 is 23.2 Å². The highest BCUT2D eigenvalue weighted by molar-refractivity contribution is 7.92. The van der Waals surface area contributed by atoms with E-state index in [9.17, 15) is 18.0 Å². The highest BCUT2D eigenvalue weighted by Gasteiger charge is 2.34. The first-order valence-corrected chi connectivity index (χ1v) is 17.1. The number of halogens is 2. The van der Waals surface area contributed by atoms with Crippen molar-refractivity contribution in [3.63, 3.8) is 0 Å². The van der Waals surface area contributed by atoms with Crippen molar-refractivity contribution < 1.29 is 22.7 Å². The van der Waals surface area contributed by atoms with Crippen molar-refractivity contribution in [1.82, 2.24) is 10.2 Å². The van der Waals surface area contributed by atoms with Gasteiger partial charge in [0, 0.05) is 19.5 Å². The molecule has 4 aromatic rings. The molecule has 0 fully saturated rings. The quantitative estimate of drug-likeness (QED) is 0.140. The maximum atomic E-state index is 14.5. The number of para-hydroxylation sites is 1. The molecule has 1 unspecified atom stereocenters. The van der Waals surface area contributed by atoms with Crippen molar-refractivity contribution in [2.45, 2.75) is 43.7 Å². The summed E-state index contributed by atoms with van der Waals surface area (Å²) in [5.41, 5.74) is 1.77. The van der Waals surface area contributed by atoms with Crippen LogP contribution in [0.25, 0.3) is 0 Å². The lowest BCUT2D eigenvalue weighted by Crippen LogP contribution is -2.53. The van der Waals surface area contributed by atoms with Gasteiger partial charge in [-0.2, -0.15) is 0 Å². The average Bonchev–Trinajstić information content (AvgIpc) is 3.07. The molecule has 4 aromatic carbocycles. The number of hydrogen-bond donors (Lipinski definition) is 1. The minimum absolute atomic E-state index is 0.0143. The van der Waals surface area contributed by atoms with Gasteiger partial charge in [0.2, 0.25) is 11.8 Å². The van der Waals surface area contributed by atoms with Gasteiger partial charge in [0.1, 0.15) is 18.3 Å². The molecule has 4 rings (SSSR count). The van der Waals surface area contributed by atoms with Crippen molar-refractivity contribution in [2.24, 2.45) is 0 Å². The van der Waals surface area contributed by atoms with E-state index in [1.54, 1.807) is 60.7 Å². The third-order valence-corrected chi connectivity index (χ3v) is 9.94. The molecule has 8 nitrogen and oxygen atoms in total. The number of carbonyl (C=O) groups excluding carboxylic acids is 2. The zero-order chi connectivity index (χ0) is 33.1. The maximum Gasteiger partial charge on any atom is 0.264 e. The van der Waals surface area contributed by atoms with Crippen LogP contribution in [0.5, 0.6) is 5.75 Å². The first-order valence-electron chi connectivity index (χ1n) is 14.9. The van der Waals surface area contributed by atoms with E-state index in [0.29, 0.717) is 33.6 Å². The van der Waals surface area contributed by atoms with Gasteiger partial charge in [0.05, 0.1) is 27.7 Å². The minimum Gasteiger partial charge on any atom is -0.497 e. The first kappa shape index (κ1) is 34.8. The van der Waals surface area contributed by atoms with E-state index < -0.39 is 28.5 Å². The van der Waals surface area contributed by atoms with Crippen LogP contribution < -0.4 is 14.4 Å². The molecule has 0 saturated heterocycles. The molecule has 0 heterocycles. The number of carbonyl (C=O) groups is 2. The number of benzene rings is 4. The van der Waals surface area contributed by atoms with Crippen LogP contribution in [-0.4, -0.2) is 51.4 Å². The van der Waals surface area contributed by atoms with Crippen LogP contribution in [0.3, 0.4) is 0 Å². The van der Waals surface area contributed by atoms with Crippen molar-refractivity contribution >= 4 is 50.7 Å². The molecule has 11 heteroatoms. The van der Waals surface area contributed by atoms with Gasteiger partial charge in [0.15, 0.2) is 0 Å². The van der Waals surface area contributed by atoms with Crippen LogP contribution in [0.1, 0.15) is 30.9 Å². The summed E-state index contributed by atoms with van der Waals surface area (Å²) in [4.78, 5) is 29.7. The number of methoxy groups -OCH3 is 1. The maximum absolute atomic E-state index is 14.5. The van der Waals surface area contributed by atoms with Crippen LogP contribution in [0.4, 0.5) is 5.69 Å². The summed E-state index contributed by atoms with van der Waals surface area (Å²) in [7, 11) is -2.73. The van der Waals surface area contributed by atoms with Crippen LogP contribution in [0, 0.1) is 0 Å². The van der Waals surface area contributed by atoms with Gasteiger partial charge in [-0.05, 0) is 66.1 Å². The van der Waals surface area contributed by atoms with Crippen LogP contribution in [0.2, 0.25) is 10.0 Å². The van der Waals surface area contributed by atoms with E-state index in [0.717, 1.165) is 22.7 Å². The Hall–Kier alpha value is -4.05. The molecule has 0 aliphatic rings. The Balaban J connectivity index is 1.78. The zero-order valence-corrected chi connectivity index (χ0v) is 28.1. The number of nitrogens with one attached hydrogen (secondary N) is 1. The van der Waals surface area contributed by atoms with Gasteiger partial charge in [0.25, 0.3) is 10.0 Å². The Morgan fingerprint density at radius 1 is 0.848 bits per heavy atom. The molecule has 0 bridgehead atoms. The molecule has 242 valence electrons. The predicted molar refractivity (Wildman–Crippen MR) is 183 cm³/mol. The lowest BCUT2D eigenvalue weighted by atomic mass is 10.0. The molecule has 0 aromatic heterocycles. The molecule has 0 radical (unpaired) electrons. The van der Waals surface area contributed by atoms with Crippen LogP contribution in [0.15, 0.2) is 108 Å². The monoisotopic (exact) mass is 681 g/mol. The molecule has 0 aliphatic heterocycles. The van der Waals surface area contributed by atoms with Gasteiger partial charge in [-0.3, -0.25) is 13.9 Å². The highest BCUT2D eigenvalue weighted by Crippen LogP contribution is 2.27. The fourth-order valence-corrected chi connectivity index (χ4v) is 6.63. The Bertz CT molecular complexity index is 1710. The second kappa shape index (κ2) is 16.5. The summed E-state index contributed by atoms with van der Waals surface area (Å²) in [5, 5.41) is 3.62. The fourth-order valence-electron chi connectivity index (χ4n) is 4.89. The van der Waals surface area contributed by atoms with E-state index in [1.807, 2.05) is 37.3 Å². The lowest BCUT2D eigenvalue weighted by molar-refractivity contribution is -0.140. The van der Waals surface area contributed by atoms with Gasteiger partial charge in [-0.15, -0.1) is 0 Å². The van der Waals surface area contributed by atoms with Crippen LogP contribution in [-0.2, 0) is 32.6 Å². The summed E-state index contributed by atoms with van der Waals surface area (Å²) in [6.45, 7) is 1.89. The number of unbranched alkanes of at least 4 members (excludes halogenated alkanes) is 1. The van der Waals surface area contributed by atoms with E-state index in [2.05, 4.69) is 5.32 Å². The SMILES string of the molecule is CCCCNC(=O)C(Cc1ccccc1)N(Cc1ccc(Cl)c(Cl)c1)C(=O)CN(c1ccccc1)S(=O)(=O)c1ccc(OC)cc1. The van der Waals surface area contributed by atoms with Gasteiger partial charge < -0.3 is 15.0 Å². The predicted octanol–water partition coefficient (Wildman–Crippen LogP) is 6.75. The Labute approximate surface area is 280 Å². The molecule has 1 N–H and O–H groups in total. The zero-order valence-electron chi connectivity index (χ0n) is 25.7.